The summed E-state index contributed by atoms with van der Waals surface area (Å²) in [5, 5.41) is 3.10. The van der Waals surface area contributed by atoms with E-state index in [2.05, 4.69) is 14.8 Å². The fourth-order valence-electron chi connectivity index (χ4n) is 1.75. The summed E-state index contributed by atoms with van der Waals surface area (Å²) in [4.78, 5) is 20.5. The summed E-state index contributed by atoms with van der Waals surface area (Å²) in [5.41, 5.74) is 4.81. The number of esters is 2. The molecule has 106 valence electrons. The van der Waals surface area contributed by atoms with Crippen LogP contribution in [0.4, 0.5) is 0 Å². The molecule has 6 nitrogen and oxygen atoms in total. The summed E-state index contributed by atoms with van der Waals surface area (Å²) in [7, 11) is 2.72. The predicted octanol–water partition coefficient (Wildman–Crippen LogP) is 0.0573. The van der Waals surface area contributed by atoms with Crippen LogP contribution in [0.5, 0.6) is 0 Å². The molecule has 0 aromatic carbocycles. The standard InChI is InChI=1S/C9H17NO2.C3H7NO2/c1-12-9(11)7-10-6-8-4-2-3-5-8;1-6-3(5)2-4/h8,10H,2-7H2,1H3;2,4H2,1H3. The Hall–Kier alpha value is -1.14. The number of hydrogen-bond acceptors (Lipinski definition) is 6. The average molecular weight is 260 g/mol. The Morgan fingerprint density at radius 2 is 1.72 bits per heavy atom. The molecule has 0 aromatic rings. The van der Waals surface area contributed by atoms with Crippen molar-refractivity contribution < 1.29 is 19.1 Å². The van der Waals surface area contributed by atoms with Crippen molar-refractivity contribution in [1.82, 2.24) is 5.32 Å². The zero-order chi connectivity index (χ0) is 13.8. The molecule has 0 aliphatic heterocycles. The smallest absolute Gasteiger partial charge is 0.319 e. The normalized spacial score (nSPS) is 14.6. The Morgan fingerprint density at radius 3 is 2.11 bits per heavy atom. The Bertz CT molecular complexity index is 234. The Labute approximate surface area is 108 Å². The lowest BCUT2D eigenvalue weighted by Gasteiger charge is -2.08. The molecule has 1 aliphatic carbocycles. The van der Waals surface area contributed by atoms with Crippen LogP contribution < -0.4 is 11.1 Å². The van der Waals surface area contributed by atoms with Crippen LogP contribution in [0.25, 0.3) is 0 Å². The molecule has 0 radical (unpaired) electrons. The summed E-state index contributed by atoms with van der Waals surface area (Å²) in [6.07, 6.45) is 5.33. The van der Waals surface area contributed by atoms with Crippen LogP contribution in [0.3, 0.4) is 0 Å². The number of methoxy groups -OCH3 is 2. The van der Waals surface area contributed by atoms with Crippen LogP contribution in [0.1, 0.15) is 25.7 Å². The molecule has 1 rings (SSSR count). The van der Waals surface area contributed by atoms with Gasteiger partial charge in [0.2, 0.25) is 0 Å². The third kappa shape index (κ3) is 8.95. The zero-order valence-corrected chi connectivity index (χ0v) is 11.2. The summed E-state index contributed by atoms with van der Waals surface area (Å²) >= 11 is 0. The quantitative estimate of drug-likeness (QED) is 0.679. The summed E-state index contributed by atoms with van der Waals surface area (Å²) < 4.78 is 8.65. The minimum absolute atomic E-state index is 0.0312. The van der Waals surface area contributed by atoms with Crippen molar-refractivity contribution in [3.8, 4) is 0 Å². The molecule has 0 atom stereocenters. The van der Waals surface area contributed by atoms with Crippen LogP contribution in [0, 0.1) is 5.92 Å². The lowest BCUT2D eigenvalue weighted by atomic mass is 10.1. The minimum Gasteiger partial charge on any atom is -0.468 e. The van der Waals surface area contributed by atoms with E-state index in [0.29, 0.717) is 6.54 Å². The number of rotatable bonds is 5. The van der Waals surface area contributed by atoms with Crippen molar-refractivity contribution in [2.45, 2.75) is 25.7 Å². The minimum atomic E-state index is -0.380. The molecule has 1 saturated carbocycles. The number of nitrogens with one attached hydrogen (secondary N) is 1. The van der Waals surface area contributed by atoms with Gasteiger partial charge in [-0.2, -0.15) is 0 Å². The number of carbonyl (C=O) groups is 2. The van der Waals surface area contributed by atoms with Gasteiger partial charge in [-0.05, 0) is 25.3 Å². The Kier molecular flexibility index (Phi) is 10.3. The van der Waals surface area contributed by atoms with E-state index >= 15 is 0 Å². The third-order valence-electron chi connectivity index (χ3n) is 2.80. The molecule has 0 saturated heterocycles. The van der Waals surface area contributed by atoms with E-state index < -0.39 is 0 Å². The number of nitrogens with two attached hydrogens (primary N) is 1. The highest BCUT2D eigenvalue weighted by Crippen LogP contribution is 2.23. The maximum absolute atomic E-state index is 10.7. The molecule has 0 amide bonds. The second-order valence-electron chi connectivity index (χ2n) is 4.14. The summed E-state index contributed by atoms with van der Waals surface area (Å²) in [5.74, 6) is 0.234. The summed E-state index contributed by atoms with van der Waals surface area (Å²) in [6.45, 7) is 1.29. The van der Waals surface area contributed by atoms with Gasteiger partial charge in [-0.3, -0.25) is 9.59 Å². The van der Waals surface area contributed by atoms with Crippen molar-refractivity contribution in [2.75, 3.05) is 33.9 Å². The first-order valence-electron chi connectivity index (χ1n) is 6.18. The highest BCUT2D eigenvalue weighted by molar-refractivity contribution is 5.71. The molecule has 1 fully saturated rings. The first kappa shape index (κ1) is 16.9. The van der Waals surface area contributed by atoms with Crippen LogP contribution in [0.15, 0.2) is 0 Å². The lowest BCUT2D eigenvalue weighted by Crippen LogP contribution is -2.28. The van der Waals surface area contributed by atoms with Gasteiger partial charge in [-0.15, -0.1) is 0 Å². The van der Waals surface area contributed by atoms with Crippen LogP contribution in [-0.4, -0.2) is 45.8 Å². The second-order valence-corrected chi connectivity index (χ2v) is 4.14. The predicted molar refractivity (Wildman–Crippen MR) is 67.9 cm³/mol. The molecule has 6 heteroatoms. The van der Waals surface area contributed by atoms with E-state index in [0.717, 1.165) is 12.5 Å². The largest absolute Gasteiger partial charge is 0.468 e. The number of carbonyl (C=O) groups excluding carboxylic acids is 2. The van der Waals surface area contributed by atoms with Crippen molar-refractivity contribution >= 4 is 11.9 Å². The van der Waals surface area contributed by atoms with Crippen LogP contribution in [-0.2, 0) is 19.1 Å². The molecule has 0 bridgehead atoms. The second kappa shape index (κ2) is 11.0. The molecule has 1 aliphatic rings. The van der Waals surface area contributed by atoms with Crippen molar-refractivity contribution in [2.24, 2.45) is 11.7 Å². The first-order valence-corrected chi connectivity index (χ1v) is 6.18. The fourth-order valence-corrected chi connectivity index (χ4v) is 1.75. The van der Waals surface area contributed by atoms with Crippen molar-refractivity contribution in [3.05, 3.63) is 0 Å². The van der Waals surface area contributed by atoms with Gasteiger partial charge in [0.1, 0.15) is 0 Å². The van der Waals surface area contributed by atoms with E-state index in [-0.39, 0.29) is 18.5 Å². The topological polar surface area (TPSA) is 90.7 Å². The highest BCUT2D eigenvalue weighted by Gasteiger charge is 2.14. The average Bonchev–Trinajstić information content (AvgIpc) is 2.91. The van der Waals surface area contributed by atoms with E-state index in [9.17, 15) is 9.59 Å². The molecule has 0 heterocycles. The van der Waals surface area contributed by atoms with Crippen molar-refractivity contribution in [3.63, 3.8) is 0 Å². The van der Waals surface area contributed by atoms with Gasteiger partial charge in [0.25, 0.3) is 0 Å². The number of hydrogen-bond donors (Lipinski definition) is 2. The molecule has 18 heavy (non-hydrogen) atoms. The molecule has 0 aromatic heterocycles. The maximum Gasteiger partial charge on any atom is 0.319 e. The summed E-state index contributed by atoms with van der Waals surface area (Å²) in [6, 6.07) is 0. The van der Waals surface area contributed by atoms with Gasteiger partial charge in [-0.25, -0.2) is 0 Å². The van der Waals surface area contributed by atoms with E-state index in [4.69, 9.17) is 5.73 Å². The van der Waals surface area contributed by atoms with Gasteiger partial charge >= 0.3 is 11.9 Å². The van der Waals surface area contributed by atoms with Gasteiger partial charge in [0.15, 0.2) is 0 Å². The lowest BCUT2D eigenvalue weighted by molar-refractivity contribution is -0.140. The van der Waals surface area contributed by atoms with E-state index in [1.807, 2.05) is 0 Å². The van der Waals surface area contributed by atoms with Crippen LogP contribution >= 0.6 is 0 Å². The molecule has 3 N–H and O–H groups in total. The Balaban J connectivity index is 0.000000411. The molecular formula is C12H24N2O4. The van der Waals surface area contributed by atoms with E-state index in [1.165, 1.54) is 39.9 Å². The van der Waals surface area contributed by atoms with Gasteiger partial charge in [-0.1, -0.05) is 12.8 Å². The Morgan fingerprint density at radius 1 is 1.17 bits per heavy atom. The fraction of sp³-hybridized carbons (Fsp3) is 0.833. The molecule has 0 unspecified atom stereocenters. The number of ether oxygens (including phenoxy) is 2. The van der Waals surface area contributed by atoms with Gasteiger partial charge < -0.3 is 20.5 Å². The van der Waals surface area contributed by atoms with Gasteiger partial charge in [0, 0.05) is 0 Å². The zero-order valence-electron chi connectivity index (χ0n) is 11.2. The third-order valence-corrected chi connectivity index (χ3v) is 2.80. The SMILES string of the molecule is COC(=O)CN.COC(=O)CNCC1CCCC1. The van der Waals surface area contributed by atoms with Crippen molar-refractivity contribution in [1.29, 1.82) is 0 Å². The van der Waals surface area contributed by atoms with Gasteiger partial charge in [0.05, 0.1) is 27.3 Å². The molecule has 0 spiro atoms. The van der Waals surface area contributed by atoms with Crippen LogP contribution in [0.2, 0.25) is 0 Å². The van der Waals surface area contributed by atoms with E-state index in [1.54, 1.807) is 0 Å². The molecular weight excluding hydrogens is 236 g/mol. The monoisotopic (exact) mass is 260 g/mol. The first-order chi connectivity index (χ1) is 8.63. The maximum atomic E-state index is 10.7. The highest BCUT2D eigenvalue weighted by atomic mass is 16.5.